The van der Waals surface area contributed by atoms with Gasteiger partial charge in [0.25, 0.3) is 0 Å². The smallest absolute Gasteiger partial charge is 0.244 e. The minimum atomic E-state index is -0.0297. The number of benzene rings is 1. The monoisotopic (exact) mass is 284 g/mol. The minimum absolute atomic E-state index is 0.0297. The van der Waals surface area contributed by atoms with E-state index < -0.39 is 0 Å². The predicted molar refractivity (Wildman–Crippen MR) is 85.0 cm³/mol. The van der Waals surface area contributed by atoms with E-state index in [1.807, 2.05) is 30.3 Å². The van der Waals surface area contributed by atoms with Crippen LogP contribution in [0.3, 0.4) is 0 Å². The number of hydrogen-bond acceptors (Lipinski definition) is 2. The molecule has 3 heteroatoms. The van der Waals surface area contributed by atoms with E-state index in [9.17, 15) is 4.79 Å². The van der Waals surface area contributed by atoms with Gasteiger partial charge in [0.1, 0.15) is 0 Å². The number of nitrogens with zero attached hydrogens (tertiary/aromatic N) is 1. The van der Waals surface area contributed by atoms with Crippen LogP contribution < -0.4 is 5.43 Å². The number of nitrogens with one attached hydrogen (secondary N) is 1. The van der Waals surface area contributed by atoms with Crippen molar-refractivity contribution in [2.75, 3.05) is 0 Å². The quantitative estimate of drug-likeness (QED) is 0.847. The molecule has 0 aromatic heterocycles. The molecule has 2 fully saturated rings. The molecule has 1 amide bonds. The molecule has 0 heterocycles. The highest BCUT2D eigenvalue weighted by Crippen LogP contribution is 2.63. The van der Waals surface area contributed by atoms with Gasteiger partial charge in [-0.25, -0.2) is 5.43 Å². The SMILES string of the molecule is CC12CCC(C/C1=N/NC(=O)Cc1ccccc1)C2(C)C. The van der Waals surface area contributed by atoms with Crippen LogP contribution in [0, 0.1) is 16.7 Å². The maximum atomic E-state index is 12.0. The van der Waals surface area contributed by atoms with Crippen LogP contribution >= 0.6 is 0 Å². The lowest BCUT2D eigenvalue weighted by Crippen LogP contribution is -2.34. The summed E-state index contributed by atoms with van der Waals surface area (Å²) in [4.78, 5) is 12.0. The van der Waals surface area contributed by atoms with Gasteiger partial charge in [-0.3, -0.25) is 4.79 Å². The Hall–Kier alpha value is -1.64. The molecule has 1 aromatic carbocycles. The summed E-state index contributed by atoms with van der Waals surface area (Å²) < 4.78 is 0. The van der Waals surface area contributed by atoms with Crippen LogP contribution in [0.25, 0.3) is 0 Å². The number of hydrazone groups is 1. The van der Waals surface area contributed by atoms with Gasteiger partial charge in [0.2, 0.25) is 5.91 Å². The van der Waals surface area contributed by atoms with Crippen LogP contribution in [0.4, 0.5) is 0 Å². The molecule has 2 unspecified atom stereocenters. The molecule has 2 saturated carbocycles. The van der Waals surface area contributed by atoms with E-state index in [-0.39, 0.29) is 11.3 Å². The van der Waals surface area contributed by atoms with Crippen molar-refractivity contribution in [1.29, 1.82) is 0 Å². The fourth-order valence-electron chi connectivity index (χ4n) is 4.05. The fourth-order valence-corrected chi connectivity index (χ4v) is 4.05. The molecular formula is C18H24N2O. The minimum Gasteiger partial charge on any atom is -0.273 e. The maximum Gasteiger partial charge on any atom is 0.244 e. The zero-order chi connectivity index (χ0) is 15.1. The Kier molecular flexibility index (Phi) is 3.39. The predicted octanol–water partition coefficient (Wildman–Crippen LogP) is 3.55. The molecule has 21 heavy (non-hydrogen) atoms. The first kappa shape index (κ1) is 14.3. The Balaban J connectivity index is 1.66. The molecular weight excluding hydrogens is 260 g/mol. The summed E-state index contributed by atoms with van der Waals surface area (Å²) in [6.07, 6.45) is 3.91. The molecule has 0 aliphatic heterocycles. The molecule has 1 aromatic rings. The third-order valence-corrected chi connectivity index (χ3v) is 6.04. The zero-order valence-corrected chi connectivity index (χ0v) is 13.1. The highest BCUT2D eigenvalue weighted by atomic mass is 16.2. The van der Waals surface area contributed by atoms with Crippen molar-refractivity contribution in [1.82, 2.24) is 5.43 Å². The van der Waals surface area contributed by atoms with Gasteiger partial charge in [0.15, 0.2) is 0 Å². The Morgan fingerprint density at radius 3 is 2.57 bits per heavy atom. The van der Waals surface area contributed by atoms with E-state index in [1.54, 1.807) is 0 Å². The Labute approximate surface area is 126 Å². The molecule has 3 nitrogen and oxygen atoms in total. The Morgan fingerprint density at radius 2 is 2.00 bits per heavy atom. The van der Waals surface area contributed by atoms with Crippen molar-refractivity contribution in [3.8, 4) is 0 Å². The molecule has 3 rings (SSSR count). The van der Waals surface area contributed by atoms with Gasteiger partial charge in [-0.2, -0.15) is 5.10 Å². The molecule has 0 radical (unpaired) electrons. The van der Waals surface area contributed by atoms with Crippen molar-refractivity contribution in [3.05, 3.63) is 35.9 Å². The third-order valence-electron chi connectivity index (χ3n) is 6.04. The first-order chi connectivity index (χ1) is 9.93. The normalized spacial score (nSPS) is 31.6. The summed E-state index contributed by atoms with van der Waals surface area (Å²) in [5.41, 5.74) is 5.43. The molecule has 0 spiro atoms. The van der Waals surface area contributed by atoms with Crippen LogP contribution in [0.1, 0.15) is 45.6 Å². The Bertz CT molecular complexity index is 576. The highest BCUT2D eigenvalue weighted by Gasteiger charge is 2.59. The largest absolute Gasteiger partial charge is 0.273 e. The van der Waals surface area contributed by atoms with Crippen LogP contribution in [0.15, 0.2) is 35.4 Å². The number of fused-ring (bicyclic) bond motifs is 2. The van der Waals surface area contributed by atoms with E-state index in [2.05, 4.69) is 31.3 Å². The third kappa shape index (κ3) is 2.29. The maximum absolute atomic E-state index is 12.0. The molecule has 2 bridgehead atoms. The van der Waals surface area contributed by atoms with Gasteiger partial charge in [0.05, 0.1) is 6.42 Å². The number of amides is 1. The van der Waals surface area contributed by atoms with Crippen LogP contribution in [-0.4, -0.2) is 11.6 Å². The summed E-state index contributed by atoms with van der Waals surface area (Å²) in [5.74, 6) is 0.685. The molecule has 0 saturated heterocycles. The average Bonchev–Trinajstić information content (AvgIpc) is 2.79. The van der Waals surface area contributed by atoms with Crippen molar-refractivity contribution < 1.29 is 4.79 Å². The van der Waals surface area contributed by atoms with Crippen molar-refractivity contribution >= 4 is 11.6 Å². The zero-order valence-electron chi connectivity index (χ0n) is 13.1. The number of hydrogen-bond donors (Lipinski definition) is 1. The lowest BCUT2D eigenvalue weighted by Gasteiger charge is -2.34. The summed E-state index contributed by atoms with van der Waals surface area (Å²) in [7, 11) is 0. The van der Waals surface area contributed by atoms with Gasteiger partial charge >= 0.3 is 0 Å². The topological polar surface area (TPSA) is 41.5 Å². The number of carbonyl (C=O) groups excluding carboxylic acids is 1. The van der Waals surface area contributed by atoms with E-state index in [0.717, 1.165) is 12.0 Å². The van der Waals surface area contributed by atoms with Gasteiger partial charge < -0.3 is 0 Å². The van der Waals surface area contributed by atoms with E-state index in [1.165, 1.54) is 18.6 Å². The van der Waals surface area contributed by atoms with Gasteiger partial charge in [0, 0.05) is 11.1 Å². The van der Waals surface area contributed by atoms with Crippen LogP contribution in [0.2, 0.25) is 0 Å². The van der Waals surface area contributed by atoms with Crippen LogP contribution in [0.5, 0.6) is 0 Å². The Morgan fingerprint density at radius 1 is 1.29 bits per heavy atom. The van der Waals surface area contributed by atoms with Crippen LogP contribution in [-0.2, 0) is 11.2 Å². The molecule has 1 N–H and O–H groups in total. The van der Waals surface area contributed by atoms with Crippen molar-refractivity contribution in [3.63, 3.8) is 0 Å². The first-order valence-electron chi connectivity index (χ1n) is 7.83. The van der Waals surface area contributed by atoms with Gasteiger partial charge in [-0.1, -0.05) is 51.1 Å². The van der Waals surface area contributed by atoms with E-state index >= 15 is 0 Å². The van der Waals surface area contributed by atoms with E-state index in [0.29, 0.717) is 17.8 Å². The lowest BCUT2D eigenvalue weighted by atomic mass is 9.70. The summed E-state index contributed by atoms with van der Waals surface area (Å²) in [5, 5.41) is 4.49. The lowest BCUT2D eigenvalue weighted by molar-refractivity contribution is -0.120. The molecule has 112 valence electrons. The summed E-state index contributed by atoms with van der Waals surface area (Å²) >= 11 is 0. The van der Waals surface area contributed by atoms with Crippen molar-refractivity contribution in [2.45, 2.75) is 46.5 Å². The van der Waals surface area contributed by atoms with Gasteiger partial charge in [-0.15, -0.1) is 0 Å². The van der Waals surface area contributed by atoms with Crippen molar-refractivity contribution in [2.24, 2.45) is 21.8 Å². The van der Waals surface area contributed by atoms with E-state index in [4.69, 9.17) is 0 Å². The number of carbonyl (C=O) groups is 1. The number of rotatable bonds is 3. The summed E-state index contributed by atoms with van der Waals surface area (Å²) in [6.45, 7) is 7.00. The summed E-state index contributed by atoms with van der Waals surface area (Å²) in [6, 6.07) is 9.80. The average molecular weight is 284 g/mol. The fraction of sp³-hybridized carbons (Fsp3) is 0.556. The standard InChI is InChI=1S/C18H24N2O/c1-17(2)14-9-10-18(17,3)15(12-14)19-20-16(21)11-13-7-5-4-6-8-13/h4-8,14H,9-12H2,1-3H3,(H,20,21)/b19-15-. The molecule has 2 aliphatic carbocycles. The second-order valence-electron chi connectivity index (χ2n) is 7.25. The van der Waals surface area contributed by atoms with Gasteiger partial charge in [-0.05, 0) is 36.2 Å². The first-order valence-corrected chi connectivity index (χ1v) is 7.83. The second-order valence-corrected chi connectivity index (χ2v) is 7.25. The molecule has 2 atom stereocenters. The molecule has 2 aliphatic rings. The second kappa shape index (κ2) is 4.97. The highest BCUT2D eigenvalue weighted by molar-refractivity contribution is 5.95.